The van der Waals surface area contributed by atoms with Gasteiger partial charge in [0.25, 0.3) is 5.91 Å². The molecule has 0 bridgehead atoms. The first-order valence-corrected chi connectivity index (χ1v) is 10.2. The largest absolute Gasteiger partial charge is 0.465 e. The number of pyridine rings is 1. The molecule has 8 heteroatoms. The highest BCUT2D eigenvalue weighted by molar-refractivity contribution is 5.98. The SMILES string of the molecule is CCCCN(C(=O)O)C1CCCC12CCN(c1nc(N)ccc1C(N)=O)CC2. The lowest BCUT2D eigenvalue weighted by atomic mass is 9.73. The number of piperidine rings is 1. The lowest BCUT2D eigenvalue weighted by molar-refractivity contribution is 0.0602. The van der Waals surface area contributed by atoms with Crippen molar-refractivity contribution < 1.29 is 14.7 Å². The highest BCUT2D eigenvalue weighted by atomic mass is 16.4. The fourth-order valence-corrected chi connectivity index (χ4v) is 4.96. The Labute approximate surface area is 165 Å². The lowest BCUT2D eigenvalue weighted by Crippen LogP contribution is -2.52. The molecular weight excluding hydrogens is 358 g/mol. The van der Waals surface area contributed by atoms with Crippen molar-refractivity contribution in [2.75, 3.05) is 30.3 Å². The van der Waals surface area contributed by atoms with Gasteiger partial charge in [-0.05, 0) is 49.7 Å². The zero-order valence-electron chi connectivity index (χ0n) is 16.6. The van der Waals surface area contributed by atoms with E-state index in [0.717, 1.165) is 44.9 Å². The summed E-state index contributed by atoms with van der Waals surface area (Å²) in [6.07, 6.45) is 5.85. The summed E-state index contributed by atoms with van der Waals surface area (Å²) in [5.41, 5.74) is 11.7. The number of nitrogen functional groups attached to an aromatic ring is 1. The number of carbonyl (C=O) groups is 2. The highest BCUT2D eigenvalue weighted by Gasteiger charge is 2.48. The van der Waals surface area contributed by atoms with Gasteiger partial charge >= 0.3 is 6.09 Å². The molecule has 5 N–H and O–H groups in total. The van der Waals surface area contributed by atoms with Crippen LogP contribution in [0.3, 0.4) is 0 Å². The number of nitrogens with zero attached hydrogens (tertiary/aromatic N) is 3. The van der Waals surface area contributed by atoms with E-state index in [0.29, 0.717) is 36.8 Å². The summed E-state index contributed by atoms with van der Waals surface area (Å²) < 4.78 is 0. The molecule has 0 aromatic carbocycles. The molecule has 1 saturated carbocycles. The second-order valence-corrected chi connectivity index (χ2v) is 8.06. The smallest absolute Gasteiger partial charge is 0.407 e. The van der Waals surface area contributed by atoms with E-state index in [1.54, 1.807) is 17.0 Å². The van der Waals surface area contributed by atoms with Crippen molar-refractivity contribution in [3.8, 4) is 0 Å². The summed E-state index contributed by atoms with van der Waals surface area (Å²) in [6, 6.07) is 3.28. The fraction of sp³-hybridized carbons (Fsp3) is 0.650. The first-order valence-electron chi connectivity index (χ1n) is 10.2. The molecule has 1 spiro atoms. The summed E-state index contributed by atoms with van der Waals surface area (Å²) in [5, 5.41) is 9.77. The van der Waals surface area contributed by atoms with Crippen LogP contribution in [-0.2, 0) is 0 Å². The standard InChI is InChI=1S/C20H31N5O3/c1-2-3-11-25(19(27)28)15-5-4-8-20(15)9-12-24(13-10-20)18-14(17(22)26)6-7-16(21)23-18/h6-7,15H,2-5,8-13H2,1H3,(H2,21,23)(H2,22,26)(H,27,28). The van der Waals surface area contributed by atoms with Gasteiger partial charge in [0, 0.05) is 25.7 Å². The monoisotopic (exact) mass is 389 g/mol. The summed E-state index contributed by atoms with van der Waals surface area (Å²) in [4.78, 5) is 31.8. The Kier molecular flexibility index (Phi) is 5.96. The third-order valence-electron chi connectivity index (χ3n) is 6.45. The van der Waals surface area contributed by atoms with Gasteiger partial charge < -0.3 is 26.4 Å². The predicted molar refractivity (Wildman–Crippen MR) is 108 cm³/mol. The van der Waals surface area contributed by atoms with Gasteiger partial charge in [0.15, 0.2) is 0 Å². The van der Waals surface area contributed by atoms with E-state index in [9.17, 15) is 14.7 Å². The molecule has 1 aromatic heterocycles. The third kappa shape index (κ3) is 3.86. The Morgan fingerprint density at radius 3 is 2.64 bits per heavy atom. The minimum absolute atomic E-state index is 0.00977. The van der Waals surface area contributed by atoms with Gasteiger partial charge in [0.2, 0.25) is 0 Å². The fourth-order valence-electron chi connectivity index (χ4n) is 4.96. The van der Waals surface area contributed by atoms with Crippen molar-refractivity contribution in [3.05, 3.63) is 17.7 Å². The summed E-state index contributed by atoms with van der Waals surface area (Å²) >= 11 is 0. The number of unbranched alkanes of at least 4 members (excludes halogenated alkanes) is 1. The number of aromatic nitrogens is 1. The first-order chi connectivity index (χ1) is 13.4. The summed E-state index contributed by atoms with van der Waals surface area (Å²) in [5.74, 6) is 0.381. The van der Waals surface area contributed by atoms with Crippen molar-refractivity contribution in [1.82, 2.24) is 9.88 Å². The first kappa shape index (κ1) is 20.2. The average Bonchev–Trinajstić information content (AvgIpc) is 3.05. The minimum Gasteiger partial charge on any atom is -0.465 e. The van der Waals surface area contributed by atoms with Crippen LogP contribution >= 0.6 is 0 Å². The molecule has 1 unspecified atom stereocenters. The molecular formula is C20H31N5O3. The zero-order chi connectivity index (χ0) is 20.3. The maximum Gasteiger partial charge on any atom is 0.407 e. The van der Waals surface area contributed by atoms with Crippen LogP contribution in [0.15, 0.2) is 12.1 Å². The van der Waals surface area contributed by atoms with E-state index in [1.165, 1.54) is 0 Å². The molecule has 2 fully saturated rings. The average molecular weight is 390 g/mol. The van der Waals surface area contributed by atoms with Crippen molar-refractivity contribution in [2.24, 2.45) is 11.1 Å². The number of carbonyl (C=O) groups excluding carboxylic acids is 1. The summed E-state index contributed by atoms with van der Waals surface area (Å²) in [7, 11) is 0. The Bertz CT molecular complexity index is 731. The van der Waals surface area contributed by atoms with E-state index in [2.05, 4.69) is 16.8 Å². The molecule has 1 aliphatic heterocycles. The second kappa shape index (κ2) is 8.24. The maximum atomic E-state index is 11.9. The van der Waals surface area contributed by atoms with Crippen molar-refractivity contribution in [2.45, 2.75) is 57.9 Å². The number of hydrogen-bond donors (Lipinski definition) is 3. The van der Waals surface area contributed by atoms with Crippen LogP contribution in [0.25, 0.3) is 0 Å². The molecule has 8 nitrogen and oxygen atoms in total. The number of carboxylic acid groups (broad SMARTS) is 1. The van der Waals surface area contributed by atoms with Crippen LogP contribution in [0.1, 0.15) is 62.2 Å². The van der Waals surface area contributed by atoms with Gasteiger partial charge in [-0.25, -0.2) is 9.78 Å². The number of anilines is 2. The molecule has 3 rings (SSSR count). The van der Waals surface area contributed by atoms with E-state index in [1.807, 2.05) is 0 Å². The predicted octanol–water partition coefficient (Wildman–Crippen LogP) is 2.68. The van der Waals surface area contributed by atoms with Crippen LogP contribution in [0.4, 0.5) is 16.4 Å². The van der Waals surface area contributed by atoms with Crippen LogP contribution in [0.5, 0.6) is 0 Å². The van der Waals surface area contributed by atoms with Crippen LogP contribution in [-0.4, -0.2) is 52.7 Å². The van der Waals surface area contributed by atoms with Gasteiger partial charge in [-0.15, -0.1) is 0 Å². The minimum atomic E-state index is -0.810. The van der Waals surface area contributed by atoms with Gasteiger partial charge in [0.05, 0.1) is 5.56 Å². The summed E-state index contributed by atoms with van der Waals surface area (Å²) in [6.45, 7) is 4.12. The number of rotatable bonds is 6. The molecule has 1 aliphatic carbocycles. The van der Waals surface area contributed by atoms with Crippen LogP contribution in [0.2, 0.25) is 0 Å². The normalized spacial score (nSPS) is 21.0. The van der Waals surface area contributed by atoms with Gasteiger partial charge in [-0.2, -0.15) is 0 Å². The molecule has 0 radical (unpaired) electrons. The lowest BCUT2D eigenvalue weighted by Gasteiger charge is -2.46. The zero-order valence-corrected chi connectivity index (χ0v) is 16.6. The maximum absolute atomic E-state index is 11.9. The molecule has 2 heterocycles. The van der Waals surface area contributed by atoms with Gasteiger partial charge in [-0.3, -0.25) is 4.79 Å². The highest BCUT2D eigenvalue weighted by Crippen LogP contribution is 2.49. The van der Waals surface area contributed by atoms with E-state index in [4.69, 9.17) is 11.5 Å². The van der Waals surface area contributed by atoms with Crippen LogP contribution in [0, 0.1) is 5.41 Å². The quantitative estimate of drug-likeness (QED) is 0.687. The Hall–Kier alpha value is -2.51. The Morgan fingerprint density at radius 2 is 2.04 bits per heavy atom. The molecule has 28 heavy (non-hydrogen) atoms. The van der Waals surface area contributed by atoms with Gasteiger partial charge in [-0.1, -0.05) is 19.8 Å². The van der Waals surface area contributed by atoms with E-state index in [-0.39, 0.29) is 11.5 Å². The topological polar surface area (TPSA) is 126 Å². The molecule has 1 atom stereocenters. The van der Waals surface area contributed by atoms with Crippen LogP contribution < -0.4 is 16.4 Å². The second-order valence-electron chi connectivity index (χ2n) is 8.06. The van der Waals surface area contributed by atoms with E-state index >= 15 is 0 Å². The van der Waals surface area contributed by atoms with Gasteiger partial charge in [0.1, 0.15) is 11.6 Å². The number of hydrogen-bond acceptors (Lipinski definition) is 5. The number of primary amides is 1. The van der Waals surface area contributed by atoms with Crippen molar-refractivity contribution in [3.63, 3.8) is 0 Å². The third-order valence-corrected chi connectivity index (χ3v) is 6.45. The van der Waals surface area contributed by atoms with E-state index < -0.39 is 12.0 Å². The molecule has 1 aromatic rings. The molecule has 2 aliphatic rings. The number of amides is 2. The molecule has 1 saturated heterocycles. The Balaban J connectivity index is 1.77. The molecule has 154 valence electrons. The van der Waals surface area contributed by atoms with Crippen molar-refractivity contribution in [1.29, 1.82) is 0 Å². The molecule has 2 amide bonds. The number of nitrogens with two attached hydrogens (primary N) is 2. The Morgan fingerprint density at radius 1 is 1.32 bits per heavy atom. The van der Waals surface area contributed by atoms with Crippen molar-refractivity contribution >= 4 is 23.6 Å².